The van der Waals surface area contributed by atoms with Gasteiger partial charge in [0.1, 0.15) is 6.61 Å². The van der Waals surface area contributed by atoms with Crippen LogP contribution in [0.25, 0.3) is 0 Å². The molecule has 0 aliphatic carbocycles. The van der Waals surface area contributed by atoms with Gasteiger partial charge in [0.05, 0.1) is 18.2 Å². The van der Waals surface area contributed by atoms with Crippen LogP contribution in [-0.2, 0) is 11.3 Å². The first kappa shape index (κ1) is 19.3. The predicted molar refractivity (Wildman–Crippen MR) is 100 cm³/mol. The van der Waals surface area contributed by atoms with E-state index >= 15 is 0 Å². The van der Waals surface area contributed by atoms with Crippen molar-refractivity contribution in [1.29, 1.82) is 0 Å². The Bertz CT molecular complexity index is 706. The number of amides is 1. The van der Waals surface area contributed by atoms with Crippen molar-refractivity contribution in [2.24, 2.45) is 0 Å². The highest BCUT2D eigenvalue weighted by Crippen LogP contribution is 2.37. The predicted octanol–water partition coefficient (Wildman–Crippen LogP) is 3.80. The minimum atomic E-state index is -0.196. The first-order valence-electron chi connectivity index (χ1n) is 7.89. The lowest BCUT2D eigenvalue weighted by molar-refractivity contribution is 0.0905. The maximum Gasteiger partial charge on any atom is 0.251 e. The van der Waals surface area contributed by atoms with Crippen LogP contribution in [0.2, 0.25) is 0 Å². The quantitative estimate of drug-likeness (QED) is 0.722. The lowest BCUT2D eigenvalue weighted by Gasteiger charge is -2.16. The minimum absolute atomic E-state index is 0.0868. The van der Waals surface area contributed by atoms with Crippen LogP contribution in [0.3, 0.4) is 0 Å². The van der Waals surface area contributed by atoms with E-state index in [1.54, 1.807) is 26.4 Å². The molecule has 0 saturated heterocycles. The van der Waals surface area contributed by atoms with Gasteiger partial charge in [-0.3, -0.25) is 4.79 Å². The molecule has 0 saturated carbocycles. The summed E-state index contributed by atoms with van der Waals surface area (Å²) in [6.07, 6.45) is 0. The lowest BCUT2D eigenvalue weighted by atomic mass is 10.1. The van der Waals surface area contributed by atoms with Crippen LogP contribution in [0.15, 0.2) is 46.9 Å². The second-order valence-electron chi connectivity index (χ2n) is 5.59. The van der Waals surface area contributed by atoms with Crippen molar-refractivity contribution in [1.82, 2.24) is 5.32 Å². The van der Waals surface area contributed by atoms with Crippen LogP contribution in [0, 0.1) is 0 Å². The summed E-state index contributed by atoms with van der Waals surface area (Å²) in [5.74, 6) is 0.862. The molecule has 5 nitrogen and oxygen atoms in total. The normalized spacial score (nSPS) is 11.7. The van der Waals surface area contributed by atoms with E-state index in [-0.39, 0.29) is 11.9 Å². The van der Waals surface area contributed by atoms with Crippen molar-refractivity contribution in [2.75, 3.05) is 20.8 Å². The van der Waals surface area contributed by atoms with Gasteiger partial charge < -0.3 is 19.5 Å². The highest BCUT2D eigenvalue weighted by Gasteiger charge is 2.17. The zero-order valence-electron chi connectivity index (χ0n) is 14.5. The van der Waals surface area contributed by atoms with Gasteiger partial charge in [0.25, 0.3) is 5.91 Å². The summed E-state index contributed by atoms with van der Waals surface area (Å²) in [7, 11) is 3.15. The second-order valence-corrected chi connectivity index (χ2v) is 6.45. The van der Waals surface area contributed by atoms with E-state index in [9.17, 15) is 4.79 Å². The summed E-state index contributed by atoms with van der Waals surface area (Å²) in [5, 5.41) is 2.87. The Morgan fingerprint density at radius 1 is 1.20 bits per heavy atom. The molecule has 0 fully saturated rings. The van der Waals surface area contributed by atoms with Gasteiger partial charge in [0, 0.05) is 18.7 Å². The van der Waals surface area contributed by atoms with Gasteiger partial charge in [-0.1, -0.05) is 30.3 Å². The molecule has 0 aliphatic heterocycles. The monoisotopic (exact) mass is 407 g/mol. The molecular weight excluding hydrogens is 386 g/mol. The molecule has 134 valence electrons. The van der Waals surface area contributed by atoms with Crippen molar-refractivity contribution >= 4 is 21.8 Å². The second kappa shape index (κ2) is 9.44. The fourth-order valence-corrected chi connectivity index (χ4v) is 2.88. The Morgan fingerprint density at radius 3 is 2.56 bits per heavy atom. The molecule has 1 unspecified atom stereocenters. The molecule has 6 heteroatoms. The first-order valence-corrected chi connectivity index (χ1v) is 8.68. The summed E-state index contributed by atoms with van der Waals surface area (Å²) >= 11 is 3.47. The van der Waals surface area contributed by atoms with E-state index in [1.165, 1.54) is 0 Å². The Kier molecular flexibility index (Phi) is 7.28. The van der Waals surface area contributed by atoms with Crippen molar-refractivity contribution in [3.63, 3.8) is 0 Å². The molecule has 1 atom stereocenters. The van der Waals surface area contributed by atoms with Crippen LogP contribution in [0.1, 0.15) is 22.8 Å². The van der Waals surface area contributed by atoms with Crippen LogP contribution in [-0.4, -0.2) is 32.8 Å². The molecule has 0 spiro atoms. The van der Waals surface area contributed by atoms with E-state index < -0.39 is 0 Å². The van der Waals surface area contributed by atoms with Gasteiger partial charge in [0.15, 0.2) is 11.5 Å². The van der Waals surface area contributed by atoms with Crippen molar-refractivity contribution in [3.8, 4) is 11.5 Å². The highest BCUT2D eigenvalue weighted by atomic mass is 79.9. The third-order valence-electron chi connectivity index (χ3n) is 3.51. The number of hydrogen-bond acceptors (Lipinski definition) is 4. The van der Waals surface area contributed by atoms with E-state index in [1.807, 2.05) is 37.3 Å². The molecule has 0 heterocycles. The van der Waals surface area contributed by atoms with Gasteiger partial charge in [0.2, 0.25) is 0 Å². The molecule has 1 amide bonds. The number of nitrogens with one attached hydrogen (secondary N) is 1. The van der Waals surface area contributed by atoms with Gasteiger partial charge in [-0.15, -0.1) is 0 Å². The van der Waals surface area contributed by atoms with Gasteiger partial charge >= 0.3 is 0 Å². The van der Waals surface area contributed by atoms with Crippen LogP contribution in [0.5, 0.6) is 11.5 Å². The molecular formula is C19H22BrNO4. The number of carbonyl (C=O) groups excluding carboxylic acids is 1. The Balaban J connectivity index is 2.15. The molecule has 2 aromatic rings. The molecule has 0 radical (unpaired) electrons. The molecule has 0 bridgehead atoms. The minimum Gasteiger partial charge on any atom is -0.493 e. The third kappa shape index (κ3) is 5.47. The first-order chi connectivity index (χ1) is 12.0. The van der Waals surface area contributed by atoms with Gasteiger partial charge in [-0.2, -0.15) is 0 Å². The van der Waals surface area contributed by atoms with Crippen molar-refractivity contribution in [2.45, 2.75) is 19.6 Å². The topological polar surface area (TPSA) is 56.8 Å². The smallest absolute Gasteiger partial charge is 0.251 e. The molecule has 0 aromatic heterocycles. The molecule has 25 heavy (non-hydrogen) atoms. The van der Waals surface area contributed by atoms with Gasteiger partial charge in [-0.05, 0) is 40.5 Å². The Morgan fingerprint density at radius 2 is 1.92 bits per heavy atom. The largest absolute Gasteiger partial charge is 0.493 e. The lowest BCUT2D eigenvalue weighted by Crippen LogP contribution is -2.35. The fraction of sp³-hybridized carbons (Fsp3) is 0.316. The number of benzene rings is 2. The zero-order valence-corrected chi connectivity index (χ0v) is 16.1. The van der Waals surface area contributed by atoms with Gasteiger partial charge in [-0.25, -0.2) is 0 Å². The molecule has 1 N–H and O–H groups in total. The number of methoxy groups -OCH3 is 2. The number of hydrogen-bond donors (Lipinski definition) is 1. The Hall–Kier alpha value is -2.05. The average Bonchev–Trinajstić information content (AvgIpc) is 2.61. The third-order valence-corrected chi connectivity index (χ3v) is 4.10. The highest BCUT2D eigenvalue weighted by molar-refractivity contribution is 9.10. The maximum atomic E-state index is 12.4. The summed E-state index contributed by atoms with van der Waals surface area (Å²) < 4.78 is 17.0. The molecule has 0 aliphatic rings. The van der Waals surface area contributed by atoms with Crippen molar-refractivity contribution in [3.05, 3.63) is 58.1 Å². The molecule has 2 aromatic carbocycles. The standard InChI is InChI=1S/C19H22BrNO4/c1-13(11-23-2)21-19(22)15-9-16(20)18(17(10-15)24-3)25-12-14-7-5-4-6-8-14/h4-10,13H,11-12H2,1-3H3,(H,21,22). The summed E-state index contributed by atoms with van der Waals surface area (Å²) in [4.78, 5) is 12.4. The SMILES string of the molecule is COCC(C)NC(=O)c1cc(Br)c(OCc2ccccc2)c(OC)c1. The number of carbonyl (C=O) groups is 1. The van der Waals surface area contributed by atoms with Crippen LogP contribution >= 0.6 is 15.9 Å². The summed E-state index contributed by atoms with van der Waals surface area (Å²) in [6, 6.07) is 13.1. The molecule has 2 rings (SSSR count). The maximum absolute atomic E-state index is 12.4. The number of rotatable bonds is 8. The summed E-state index contributed by atoms with van der Waals surface area (Å²) in [5.41, 5.74) is 1.53. The summed E-state index contributed by atoms with van der Waals surface area (Å²) in [6.45, 7) is 2.74. The number of halogens is 1. The van der Waals surface area contributed by atoms with E-state index in [0.29, 0.717) is 34.7 Å². The zero-order chi connectivity index (χ0) is 18.2. The van der Waals surface area contributed by atoms with E-state index in [2.05, 4.69) is 21.2 Å². The number of ether oxygens (including phenoxy) is 3. The van der Waals surface area contributed by atoms with E-state index in [4.69, 9.17) is 14.2 Å². The fourth-order valence-electron chi connectivity index (χ4n) is 2.32. The Labute approximate surface area is 156 Å². The van der Waals surface area contributed by atoms with Crippen molar-refractivity contribution < 1.29 is 19.0 Å². The average molecular weight is 408 g/mol. The van der Waals surface area contributed by atoms with E-state index in [0.717, 1.165) is 5.56 Å². The van der Waals surface area contributed by atoms with Crippen LogP contribution < -0.4 is 14.8 Å². The van der Waals surface area contributed by atoms with Crippen LogP contribution in [0.4, 0.5) is 0 Å².